The van der Waals surface area contributed by atoms with Crippen LogP contribution >= 0.6 is 0 Å². The van der Waals surface area contributed by atoms with Gasteiger partial charge in [0, 0.05) is 0 Å². The molecule has 0 atom stereocenters. The van der Waals surface area contributed by atoms with Crippen LogP contribution in [0.25, 0.3) is 0 Å². The second kappa shape index (κ2) is 3.77. The monoisotopic (exact) mass is 186 g/mol. The number of hydrogen-bond donors (Lipinski definition) is 2. The van der Waals surface area contributed by atoms with Gasteiger partial charge in [-0.15, -0.1) is 0 Å². The third kappa shape index (κ3) is 1.82. The molecule has 1 aliphatic rings. The quantitative estimate of drug-likeness (QED) is 0.506. The van der Waals surface area contributed by atoms with Crippen LogP contribution in [0.15, 0.2) is 0 Å². The second-order valence-corrected chi connectivity index (χ2v) is 3.61. The van der Waals surface area contributed by atoms with Crippen LogP contribution < -0.4 is 0 Å². The van der Waals surface area contributed by atoms with E-state index in [0.29, 0.717) is 12.8 Å². The van der Waals surface area contributed by atoms with E-state index in [1.54, 1.807) is 0 Å². The van der Waals surface area contributed by atoms with Crippen molar-refractivity contribution >= 4 is 11.9 Å². The highest BCUT2D eigenvalue weighted by Gasteiger charge is 2.45. The summed E-state index contributed by atoms with van der Waals surface area (Å²) in [6, 6.07) is 0. The van der Waals surface area contributed by atoms with Gasteiger partial charge in [0.25, 0.3) is 0 Å². The molecule has 4 heteroatoms. The van der Waals surface area contributed by atoms with E-state index in [-0.39, 0.29) is 12.8 Å². The Labute approximate surface area is 76.6 Å². The third-order valence-corrected chi connectivity index (χ3v) is 2.78. The predicted octanol–water partition coefficient (Wildman–Crippen LogP) is 1.50. The second-order valence-electron chi connectivity index (χ2n) is 3.61. The van der Waals surface area contributed by atoms with Crippen molar-refractivity contribution in [3.05, 3.63) is 0 Å². The van der Waals surface area contributed by atoms with E-state index >= 15 is 0 Å². The van der Waals surface area contributed by atoms with E-state index in [4.69, 9.17) is 10.2 Å². The average Bonchev–Trinajstić information content (AvgIpc) is 2.28. The number of aliphatic carboxylic acids is 2. The summed E-state index contributed by atoms with van der Waals surface area (Å²) in [5.41, 5.74) is -1.50. The molecule has 1 rings (SSSR count). The van der Waals surface area contributed by atoms with Gasteiger partial charge in [0.2, 0.25) is 0 Å². The van der Waals surface area contributed by atoms with Crippen molar-refractivity contribution in [2.75, 3.05) is 0 Å². The fourth-order valence-electron chi connectivity index (χ4n) is 1.85. The van der Waals surface area contributed by atoms with Crippen molar-refractivity contribution < 1.29 is 19.8 Å². The smallest absolute Gasteiger partial charge is 0.321 e. The SMILES string of the molecule is O=C(O)C1(C(=O)O)CCCCCC1. The molecule has 2 N–H and O–H groups in total. The van der Waals surface area contributed by atoms with Crippen LogP contribution in [0.2, 0.25) is 0 Å². The molecule has 0 radical (unpaired) electrons. The molecule has 0 aromatic rings. The summed E-state index contributed by atoms with van der Waals surface area (Å²) in [6.45, 7) is 0. The summed E-state index contributed by atoms with van der Waals surface area (Å²) < 4.78 is 0. The predicted molar refractivity (Wildman–Crippen MR) is 45.4 cm³/mol. The molecule has 1 aliphatic carbocycles. The average molecular weight is 186 g/mol. The van der Waals surface area contributed by atoms with Crippen molar-refractivity contribution in [1.29, 1.82) is 0 Å². The lowest BCUT2D eigenvalue weighted by molar-refractivity contribution is -0.165. The fraction of sp³-hybridized carbons (Fsp3) is 0.778. The van der Waals surface area contributed by atoms with Crippen LogP contribution in [-0.4, -0.2) is 22.2 Å². The minimum Gasteiger partial charge on any atom is -0.480 e. The lowest BCUT2D eigenvalue weighted by Gasteiger charge is -2.22. The van der Waals surface area contributed by atoms with Gasteiger partial charge in [0.15, 0.2) is 5.41 Å². The zero-order valence-corrected chi connectivity index (χ0v) is 7.45. The normalized spacial score (nSPS) is 21.8. The molecule has 0 aliphatic heterocycles. The zero-order chi connectivity index (χ0) is 9.90. The summed E-state index contributed by atoms with van der Waals surface area (Å²) in [5.74, 6) is -2.36. The fourth-order valence-corrected chi connectivity index (χ4v) is 1.85. The first-order chi connectivity index (χ1) is 6.09. The first kappa shape index (κ1) is 10.0. The maximum Gasteiger partial charge on any atom is 0.321 e. The Balaban J connectivity index is 2.86. The molecule has 0 amide bonds. The Kier molecular flexibility index (Phi) is 2.90. The Morgan fingerprint density at radius 1 is 0.846 bits per heavy atom. The van der Waals surface area contributed by atoms with Gasteiger partial charge < -0.3 is 10.2 Å². The Hall–Kier alpha value is -1.06. The molecule has 1 fully saturated rings. The largest absolute Gasteiger partial charge is 0.480 e. The van der Waals surface area contributed by atoms with Crippen molar-refractivity contribution in [1.82, 2.24) is 0 Å². The van der Waals surface area contributed by atoms with E-state index < -0.39 is 17.4 Å². The highest BCUT2D eigenvalue weighted by molar-refractivity contribution is 5.98. The molecule has 0 unspecified atom stereocenters. The molecule has 4 nitrogen and oxygen atoms in total. The Morgan fingerprint density at radius 2 is 1.23 bits per heavy atom. The maximum absolute atomic E-state index is 10.9. The molecule has 0 saturated heterocycles. The van der Waals surface area contributed by atoms with Crippen LogP contribution in [0.5, 0.6) is 0 Å². The third-order valence-electron chi connectivity index (χ3n) is 2.78. The van der Waals surface area contributed by atoms with Crippen LogP contribution in [0.3, 0.4) is 0 Å². The van der Waals surface area contributed by atoms with Crippen LogP contribution in [0, 0.1) is 5.41 Å². The molecule has 0 heterocycles. The summed E-state index contributed by atoms with van der Waals surface area (Å²) in [6.07, 6.45) is 3.86. The van der Waals surface area contributed by atoms with E-state index in [2.05, 4.69) is 0 Å². The first-order valence-corrected chi connectivity index (χ1v) is 4.56. The van der Waals surface area contributed by atoms with Gasteiger partial charge in [0.05, 0.1) is 0 Å². The van der Waals surface area contributed by atoms with Gasteiger partial charge in [-0.2, -0.15) is 0 Å². The number of carbonyl (C=O) groups is 2. The molecule has 0 aromatic heterocycles. The maximum atomic E-state index is 10.9. The summed E-state index contributed by atoms with van der Waals surface area (Å²) in [5, 5.41) is 17.8. The van der Waals surface area contributed by atoms with Crippen LogP contribution in [0.4, 0.5) is 0 Å². The van der Waals surface area contributed by atoms with Crippen molar-refractivity contribution in [2.24, 2.45) is 5.41 Å². The number of carboxylic acid groups (broad SMARTS) is 2. The minimum absolute atomic E-state index is 0.275. The van der Waals surface area contributed by atoms with Crippen molar-refractivity contribution in [3.8, 4) is 0 Å². The van der Waals surface area contributed by atoms with Gasteiger partial charge in [-0.1, -0.05) is 25.7 Å². The lowest BCUT2D eigenvalue weighted by atomic mass is 9.80. The molecular formula is C9H14O4. The standard InChI is InChI=1S/C9H14O4/c10-7(11)9(8(12)13)5-3-1-2-4-6-9/h1-6H2,(H,10,11)(H,12,13). The minimum atomic E-state index is -1.50. The van der Waals surface area contributed by atoms with Gasteiger partial charge in [-0.05, 0) is 12.8 Å². The van der Waals surface area contributed by atoms with Gasteiger partial charge in [0.1, 0.15) is 0 Å². The molecular weight excluding hydrogens is 172 g/mol. The Morgan fingerprint density at radius 3 is 1.54 bits per heavy atom. The molecule has 1 saturated carbocycles. The van der Waals surface area contributed by atoms with E-state index in [1.165, 1.54) is 0 Å². The molecule has 0 aromatic carbocycles. The molecule has 74 valence electrons. The summed E-state index contributed by atoms with van der Waals surface area (Å²) in [4.78, 5) is 21.8. The highest BCUT2D eigenvalue weighted by atomic mass is 16.4. The lowest BCUT2D eigenvalue weighted by Crippen LogP contribution is -2.38. The number of carboxylic acids is 2. The summed E-state index contributed by atoms with van der Waals surface area (Å²) in [7, 11) is 0. The van der Waals surface area contributed by atoms with Crippen molar-refractivity contribution in [3.63, 3.8) is 0 Å². The Bertz CT molecular complexity index is 198. The van der Waals surface area contributed by atoms with Crippen LogP contribution in [-0.2, 0) is 9.59 Å². The summed E-state index contributed by atoms with van der Waals surface area (Å²) >= 11 is 0. The van der Waals surface area contributed by atoms with Crippen LogP contribution in [0.1, 0.15) is 38.5 Å². The van der Waals surface area contributed by atoms with E-state index in [9.17, 15) is 9.59 Å². The van der Waals surface area contributed by atoms with Gasteiger partial charge in [-0.25, -0.2) is 0 Å². The van der Waals surface area contributed by atoms with E-state index in [0.717, 1.165) is 12.8 Å². The highest BCUT2D eigenvalue weighted by Crippen LogP contribution is 2.35. The van der Waals surface area contributed by atoms with Gasteiger partial charge >= 0.3 is 11.9 Å². The number of rotatable bonds is 2. The topological polar surface area (TPSA) is 74.6 Å². The molecule has 0 bridgehead atoms. The zero-order valence-electron chi connectivity index (χ0n) is 7.45. The molecule has 0 spiro atoms. The van der Waals surface area contributed by atoms with Crippen molar-refractivity contribution in [2.45, 2.75) is 38.5 Å². The first-order valence-electron chi connectivity index (χ1n) is 4.56. The van der Waals surface area contributed by atoms with E-state index in [1.807, 2.05) is 0 Å². The molecule has 13 heavy (non-hydrogen) atoms. The van der Waals surface area contributed by atoms with Gasteiger partial charge in [-0.3, -0.25) is 9.59 Å². The number of hydrogen-bond acceptors (Lipinski definition) is 2.